The Labute approximate surface area is 114 Å². The van der Waals surface area contributed by atoms with Crippen LogP contribution in [0.4, 0.5) is 11.4 Å². The van der Waals surface area contributed by atoms with E-state index in [9.17, 15) is 20.0 Å². The Balaban J connectivity index is 2.15. The molecule has 108 valence electrons. The smallest absolute Gasteiger partial charge is 0.271 e. The van der Waals surface area contributed by atoms with Crippen molar-refractivity contribution >= 4 is 17.3 Å². The summed E-state index contributed by atoms with van der Waals surface area (Å²) in [5, 5.41) is 22.8. The Morgan fingerprint density at radius 2 is 2.35 bits per heavy atom. The highest BCUT2D eigenvalue weighted by molar-refractivity contribution is 5.94. The minimum absolute atomic E-state index is 0.00636. The molecule has 0 aliphatic carbocycles. The third-order valence-corrected chi connectivity index (χ3v) is 3.23. The van der Waals surface area contributed by atoms with Crippen LogP contribution in [0.15, 0.2) is 18.2 Å². The van der Waals surface area contributed by atoms with Gasteiger partial charge >= 0.3 is 0 Å². The van der Waals surface area contributed by atoms with Gasteiger partial charge in [0.15, 0.2) is 0 Å². The summed E-state index contributed by atoms with van der Waals surface area (Å²) in [6, 6.07) is 3.44. The molecule has 20 heavy (non-hydrogen) atoms. The lowest BCUT2D eigenvalue weighted by molar-refractivity contribution is -0.384. The van der Waals surface area contributed by atoms with Crippen molar-refractivity contribution in [2.45, 2.75) is 12.5 Å². The van der Waals surface area contributed by atoms with E-state index < -0.39 is 10.8 Å². The van der Waals surface area contributed by atoms with Crippen LogP contribution in [-0.2, 0) is 9.53 Å². The minimum Gasteiger partial charge on any atom is -0.506 e. The van der Waals surface area contributed by atoms with Gasteiger partial charge in [-0.2, -0.15) is 0 Å². The molecular weight excluding hydrogens is 266 g/mol. The van der Waals surface area contributed by atoms with Gasteiger partial charge in [0.1, 0.15) is 5.75 Å². The molecule has 1 fully saturated rings. The van der Waals surface area contributed by atoms with Crippen LogP contribution in [0.2, 0.25) is 0 Å². The number of anilines is 1. The fourth-order valence-corrected chi connectivity index (χ4v) is 2.14. The van der Waals surface area contributed by atoms with E-state index in [1.165, 1.54) is 6.07 Å². The SMILES string of the molecule is NCC1OCCC1C(=O)Nc1cc([N+](=O)[O-])ccc1O. The van der Waals surface area contributed by atoms with Gasteiger partial charge in [0.05, 0.1) is 22.6 Å². The summed E-state index contributed by atoms with van der Waals surface area (Å²) in [6.07, 6.45) is 0.166. The number of carbonyl (C=O) groups excluding carboxylic acids is 1. The van der Waals surface area contributed by atoms with Crippen LogP contribution in [0.5, 0.6) is 5.75 Å². The molecule has 8 heteroatoms. The average Bonchev–Trinajstić information content (AvgIpc) is 2.89. The molecule has 0 radical (unpaired) electrons. The topological polar surface area (TPSA) is 128 Å². The number of amides is 1. The fourth-order valence-electron chi connectivity index (χ4n) is 2.14. The van der Waals surface area contributed by atoms with E-state index >= 15 is 0 Å². The van der Waals surface area contributed by atoms with Gasteiger partial charge in [-0.1, -0.05) is 0 Å². The number of nitrogens with two attached hydrogens (primary N) is 1. The van der Waals surface area contributed by atoms with E-state index in [2.05, 4.69) is 5.32 Å². The maximum absolute atomic E-state index is 12.1. The molecule has 0 saturated carbocycles. The predicted octanol–water partition coefficient (Wildman–Crippen LogP) is 0.603. The zero-order valence-corrected chi connectivity index (χ0v) is 10.6. The molecule has 2 unspecified atom stereocenters. The molecule has 0 bridgehead atoms. The largest absolute Gasteiger partial charge is 0.506 e. The number of benzene rings is 1. The van der Waals surface area contributed by atoms with Crippen molar-refractivity contribution in [3.63, 3.8) is 0 Å². The molecule has 8 nitrogen and oxygen atoms in total. The van der Waals surface area contributed by atoms with Gasteiger partial charge in [0, 0.05) is 25.3 Å². The second kappa shape index (κ2) is 5.85. The van der Waals surface area contributed by atoms with Crippen molar-refractivity contribution in [1.82, 2.24) is 0 Å². The maximum Gasteiger partial charge on any atom is 0.271 e. The lowest BCUT2D eigenvalue weighted by Crippen LogP contribution is -2.34. The number of nitro groups is 1. The van der Waals surface area contributed by atoms with Crippen LogP contribution in [0.1, 0.15) is 6.42 Å². The van der Waals surface area contributed by atoms with Gasteiger partial charge < -0.3 is 20.9 Å². The maximum atomic E-state index is 12.1. The number of hydrogen-bond donors (Lipinski definition) is 3. The number of phenolic OH excluding ortho intramolecular Hbond substituents is 1. The van der Waals surface area contributed by atoms with E-state index in [1.807, 2.05) is 0 Å². The normalized spacial score (nSPS) is 21.6. The molecule has 0 aromatic heterocycles. The molecule has 1 aromatic rings. The summed E-state index contributed by atoms with van der Waals surface area (Å²) in [5.74, 6) is -1.01. The number of aromatic hydroxyl groups is 1. The Kier molecular flexibility index (Phi) is 4.16. The molecule has 2 atom stereocenters. The van der Waals surface area contributed by atoms with Crippen molar-refractivity contribution in [1.29, 1.82) is 0 Å². The van der Waals surface area contributed by atoms with Gasteiger partial charge in [-0.05, 0) is 12.5 Å². The molecule has 1 heterocycles. The summed E-state index contributed by atoms with van der Waals surface area (Å²) >= 11 is 0. The Bertz CT molecular complexity index is 534. The first-order valence-electron chi connectivity index (χ1n) is 6.13. The third kappa shape index (κ3) is 2.86. The van der Waals surface area contributed by atoms with Crippen LogP contribution in [-0.4, -0.2) is 35.2 Å². The third-order valence-electron chi connectivity index (χ3n) is 3.23. The van der Waals surface area contributed by atoms with Crippen molar-refractivity contribution in [3.05, 3.63) is 28.3 Å². The van der Waals surface area contributed by atoms with E-state index in [1.54, 1.807) is 0 Å². The summed E-state index contributed by atoms with van der Waals surface area (Å²) in [6.45, 7) is 0.667. The summed E-state index contributed by atoms with van der Waals surface area (Å²) in [5.41, 5.74) is 5.30. The van der Waals surface area contributed by atoms with Crippen molar-refractivity contribution < 1.29 is 19.6 Å². The molecule has 2 rings (SSSR count). The van der Waals surface area contributed by atoms with E-state index in [-0.39, 0.29) is 35.7 Å². The first-order chi connectivity index (χ1) is 9.52. The fraction of sp³-hybridized carbons (Fsp3) is 0.417. The molecule has 0 spiro atoms. The molecule has 1 aliphatic rings. The monoisotopic (exact) mass is 281 g/mol. The Hall–Kier alpha value is -2.19. The first kappa shape index (κ1) is 14.2. The van der Waals surface area contributed by atoms with E-state index in [4.69, 9.17) is 10.5 Å². The second-order valence-corrected chi connectivity index (χ2v) is 4.49. The number of nitro benzene ring substituents is 1. The van der Waals surface area contributed by atoms with Crippen molar-refractivity contribution in [2.24, 2.45) is 11.7 Å². The first-order valence-corrected chi connectivity index (χ1v) is 6.13. The van der Waals surface area contributed by atoms with Crippen molar-refractivity contribution in [2.75, 3.05) is 18.5 Å². The zero-order valence-electron chi connectivity index (χ0n) is 10.6. The molecule has 4 N–H and O–H groups in total. The molecule has 1 saturated heterocycles. The predicted molar refractivity (Wildman–Crippen MR) is 70.3 cm³/mol. The van der Waals surface area contributed by atoms with Crippen LogP contribution in [0.3, 0.4) is 0 Å². The number of phenols is 1. The summed E-state index contributed by atoms with van der Waals surface area (Å²) in [7, 11) is 0. The van der Waals surface area contributed by atoms with Gasteiger partial charge in [-0.3, -0.25) is 14.9 Å². The standard InChI is InChI=1S/C12H15N3O5/c13-6-11-8(3-4-20-11)12(17)14-9-5-7(15(18)19)1-2-10(9)16/h1-2,5,8,11,16H,3-4,6,13H2,(H,14,17). The van der Waals surface area contributed by atoms with Crippen molar-refractivity contribution in [3.8, 4) is 5.75 Å². The molecule has 1 aromatic carbocycles. The van der Waals surface area contributed by atoms with Crippen LogP contribution < -0.4 is 11.1 Å². The lowest BCUT2D eigenvalue weighted by atomic mass is 10.0. The van der Waals surface area contributed by atoms with Crippen LogP contribution in [0.25, 0.3) is 0 Å². The minimum atomic E-state index is -0.601. The van der Waals surface area contributed by atoms with Gasteiger partial charge in [0.25, 0.3) is 5.69 Å². The number of hydrogen-bond acceptors (Lipinski definition) is 6. The molecular formula is C12H15N3O5. The highest BCUT2D eigenvalue weighted by atomic mass is 16.6. The quantitative estimate of drug-likeness (QED) is 0.421. The second-order valence-electron chi connectivity index (χ2n) is 4.49. The highest BCUT2D eigenvalue weighted by Gasteiger charge is 2.33. The number of non-ortho nitro benzene ring substituents is 1. The summed E-state index contributed by atoms with van der Waals surface area (Å²) in [4.78, 5) is 22.2. The molecule has 1 aliphatic heterocycles. The zero-order chi connectivity index (χ0) is 14.7. The summed E-state index contributed by atoms with van der Waals surface area (Å²) < 4.78 is 5.31. The van der Waals surface area contributed by atoms with E-state index in [0.717, 1.165) is 12.1 Å². The number of carbonyl (C=O) groups is 1. The van der Waals surface area contributed by atoms with Gasteiger partial charge in [-0.15, -0.1) is 0 Å². The number of ether oxygens (including phenoxy) is 1. The van der Waals surface area contributed by atoms with Crippen LogP contribution in [0, 0.1) is 16.0 Å². The highest BCUT2D eigenvalue weighted by Crippen LogP contribution is 2.29. The van der Waals surface area contributed by atoms with Gasteiger partial charge in [0.2, 0.25) is 5.91 Å². The number of rotatable bonds is 4. The number of nitrogens with one attached hydrogen (secondary N) is 1. The van der Waals surface area contributed by atoms with Gasteiger partial charge in [-0.25, -0.2) is 0 Å². The lowest BCUT2D eigenvalue weighted by Gasteiger charge is -2.16. The Morgan fingerprint density at radius 3 is 3.00 bits per heavy atom. The van der Waals surface area contributed by atoms with E-state index in [0.29, 0.717) is 13.0 Å². The number of nitrogens with zero attached hydrogens (tertiary/aromatic N) is 1. The van der Waals surface area contributed by atoms with Crippen LogP contribution >= 0.6 is 0 Å². The Morgan fingerprint density at radius 1 is 1.60 bits per heavy atom. The average molecular weight is 281 g/mol. The molecule has 1 amide bonds.